The van der Waals surface area contributed by atoms with Crippen LogP contribution in [-0.2, 0) is 19.1 Å². The molecular weight excluding hydrogens is 460 g/mol. The Hall–Kier alpha value is -2.04. The maximum absolute atomic E-state index is 11.8. The Bertz CT molecular complexity index is 846. The molecule has 0 bridgehead atoms. The number of nitrogens with zero attached hydrogens (tertiary/aromatic N) is 2. The number of hydrogen-bond acceptors (Lipinski definition) is 7. The third-order valence-corrected chi connectivity index (χ3v) is 4.69. The summed E-state index contributed by atoms with van der Waals surface area (Å²) in [6.07, 6.45) is 0.450. The monoisotopic (exact) mass is 474 g/mol. The van der Waals surface area contributed by atoms with Crippen molar-refractivity contribution in [3.63, 3.8) is 0 Å². The summed E-state index contributed by atoms with van der Waals surface area (Å²) in [6.45, 7) is 1.35. The Balaban J connectivity index is 1.63. The molecule has 2 amide bonds. The molecule has 2 rings (SSSR count). The molecule has 1 aromatic carbocycles. The minimum atomic E-state index is -0.563. The number of nitrogens with one attached hydrogen (secondary N) is 2. The van der Waals surface area contributed by atoms with Crippen molar-refractivity contribution in [1.82, 2.24) is 10.2 Å². The third-order valence-electron chi connectivity index (χ3n) is 3.13. The molecule has 0 unspecified atom stereocenters. The predicted molar refractivity (Wildman–Crippen MR) is 106 cm³/mol. The fraction of sp³-hybridized carbons (Fsp3) is 0.312. The second-order valence-corrected chi connectivity index (χ2v) is 7.87. The lowest BCUT2D eigenvalue weighted by atomic mass is 10.2. The molecule has 1 heterocycles. The van der Waals surface area contributed by atoms with Crippen LogP contribution in [0.15, 0.2) is 22.7 Å². The summed E-state index contributed by atoms with van der Waals surface area (Å²) in [7, 11) is 0. The first-order chi connectivity index (χ1) is 12.8. The van der Waals surface area contributed by atoms with E-state index in [4.69, 9.17) is 16.3 Å². The molecule has 0 radical (unpaired) electrons. The van der Waals surface area contributed by atoms with E-state index in [0.29, 0.717) is 22.3 Å². The maximum Gasteiger partial charge on any atom is 0.306 e. The number of aromatic nitrogens is 2. The molecule has 0 saturated carbocycles. The molecule has 2 N–H and O–H groups in total. The van der Waals surface area contributed by atoms with Crippen molar-refractivity contribution < 1.29 is 19.1 Å². The molecule has 144 valence electrons. The molecule has 11 heteroatoms. The average Bonchev–Trinajstić information content (AvgIpc) is 3.00. The molecular formula is C16H16BrClN4O4S. The van der Waals surface area contributed by atoms with Gasteiger partial charge >= 0.3 is 5.97 Å². The Morgan fingerprint density at radius 3 is 2.63 bits per heavy atom. The molecule has 0 spiro atoms. The first kappa shape index (κ1) is 21.3. The minimum Gasteiger partial charge on any atom is -0.456 e. The zero-order valence-corrected chi connectivity index (χ0v) is 17.4. The standard InChI is InChI=1S/C16H16BrClN4O4S/c1-9-21-22-16(27-9)20-13(23)3-2-4-15(25)26-8-14(24)19-12-6-5-10(17)7-11(12)18/h5-7H,2-4,8H2,1H3,(H,19,24)(H,20,22,23). The van der Waals surface area contributed by atoms with Gasteiger partial charge in [0.1, 0.15) is 5.01 Å². The molecule has 0 aliphatic carbocycles. The number of benzene rings is 1. The summed E-state index contributed by atoms with van der Waals surface area (Å²) < 4.78 is 5.67. The molecule has 0 atom stereocenters. The van der Waals surface area contributed by atoms with Crippen LogP contribution in [-0.4, -0.2) is 34.6 Å². The number of ether oxygens (including phenoxy) is 1. The fourth-order valence-corrected chi connectivity index (χ4v) is 3.25. The van der Waals surface area contributed by atoms with E-state index < -0.39 is 18.5 Å². The van der Waals surface area contributed by atoms with Gasteiger partial charge < -0.3 is 15.4 Å². The maximum atomic E-state index is 11.8. The summed E-state index contributed by atoms with van der Waals surface area (Å²) in [6, 6.07) is 4.99. The van der Waals surface area contributed by atoms with E-state index in [-0.39, 0.29) is 18.7 Å². The summed E-state index contributed by atoms with van der Waals surface area (Å²) in [5.41, 5.74) is 0.421. The summed E-state index contributed by atoms with van der Waals surface area (Å²) in [5, 5.41) is 14.2. The smallest absolute Gasteiger partial charge is 0.306 e. The van der Waals surface area contributed by atoms with Crippen LogP contribution in [0, 0.1) is 6.92 Å². The van der Waals surface area contributed by atoms with Crippen molar-refractivity contribution in [3.05, 3.63) is 32.7 Å². The Morgan fingerprint density at radius 1 is 1.19 bits per heavy atom. The topological polar surface area (TPSA) is 110 Å². The lowest BCUT2D eigenvalue weighted by molar-refractivity contribution is -0.147. The molecule has 0 fully saturated rings. The first-order valence-electron chi connectivity index (χ1n) is 7.84. The van der Waals surface area contributed by atoms with Gasteiger partial charge in [-0.15, -0.1) is 10.2 Å². The zero-order valence-electron chi connectivity index (χ0n) is 14.3. The summed E-state index contributed by atoms with van der Waals surface area (Å²) >= 11 is 10.5. The van der Waals surface area contributed by atoms with E-state index in [1.54, 1.807) is 25.1 Å². The van der Waals surface area contributed by atoms with E-state index in [1.807, 2.05) is 0 Å². The van der Waals surface area contributed by atoms with Crippen molar-refractivity contribution in [2.45, 2.75) is 26.2 Å². The normalized spacial score (nSPS) is 10.3. The number of carbonyl (C=O) groups excluding carboxylic acids is 3. The number of aryl methyl sites for hydroxylation is 1. The van der Waals surface area contributed by atoms with Crippen LogP contribution in [0.3, 0.4) is 0 Å². The molecule has 2 aromatic rings. The third kappa shape index (κ3) is 7.61. The molecule has 0 saturated heterocycles. The van der Waals surface area contributed by atoms with Gasteiger partial charge in [-0.25, -0.2) is 0 Å². The van der Waals surface area contributed by atoms with E-state index >= 15 is 0 Å². The van der Waals surface area contributed by atoms with Gasteiger partial charge in [0.15, 0.2) is 6.61 Å². The highest BCUT2D eigenvalue weighted by atomic mass is 79.9. The fourth-order valence-electron chi connectivity index (χ4n) is 1.92. The SMILES string of the molecule is Cc1nnc(NC(=O)CCCC(=O)OCC(=O)Nc2ccc(Br)cc2Cl)s1. The quantitative estimate of drug-likeness (QED) is 0.565. The predicted octanol–water partition coefficient (Wildman–Crippen LogP) is 3.55. The van der Waals surface area contributed by atoms with E-state index in [9.17, 15) is 14.4 Å². The second kappa shape index (κ2) is 10.3. The van der Waals surface area contributed by atoms with Crippen LogP contribution >= 0.6 is 38.9 Å². The van der Waals surface area contributed by atoms with E-state index in [2.05, 4.69) is 36.8 Å². The Morgan fingerprint density at radius 2 is 1.96 bits per heavy atom. The van der Waals surface area contributed by atoms with Crippen LogP contribution in [0.2, 0.25) is 5.02 Å². The lowest BCUT2D eigenvalue weighted by Crippen LogP contribution is -2.21. The first-order valence-corrected chi connectivity index (χ1v) is 9.82. The highest BCUT2D eigenvalue weighted by molar-refractivity contribution is 9.10. The molecule has 0 aliphatic rings. The van der Waals surface area contributed by atoms with Crippen molar-refractivity contribution in [2.24, 2.45) is 0 Å². The number of amides is 2. The van der Waals surface area contributed by atoms with Crippen LogP contribution in [0.4, 0.5) is 10.8 Å². The summed E-state index contributed by atoms with van der Waals surface area (Å²) in [5.74, 6) is -1.33. The van der Waals surface area contributed by atoms with Crippen LogP contribution in [0.1, 0.15) is 24.3 Å². The van der Waals surface area contributed by atoms with Crippen molar-refractivity contribution >= 4 is 67.5 Å². The number of rotatable bonds is 8. The van der Waals surface area contributed by atoms with Crippen LogP contribution < -0.4 is 10.6 Å². The van der Waals surface area contributed by atoms with Crippen LogP contribution in [0.5, 0.6) is 0 Å². The number of halogens is 2. The highest BCUT2D eigenvalue weighted by Gasteiger charge is 2.11. The summed E-state index contributed by atoms with van der Waals surface area (Å²) in [4.78, 5) is 35.2. The largest absolute Gasteiger partial charge is 0.456 e. The zero-order chi connectivity index (χ0) is 19.8. The van der Waals surface area contributed by atoms with Gasteiger partial charge in [0.05, 0.1) is 10.7 Å². The number of carbonyl (C=O) groups is 3. The van der Waals surface area contributed by atoms with Gasteiger partial charge in [0, 0.05) is 17.3 Å². The molecule has 1 aromatic heterocycles. The van der Waals surface area contributed by atoms with Crippen molar-refractivity contribution in [1.29, 1.82) is 0 Å². The number of anilines is 2. The number of esters is 1. The van der Waals surface area contributed by atoms with Gasteiger partial charge in [0.2, 0.25) is 11.0 Å². The van der Waals surface area contributed by atoms with Crippen molar-refractivity contribution in [3.8, 4) is 0 Å². The van der Waals surface area contributed by atoms with Gasteiger partial charge in [-0.05, 0) is 31.5 Å². The average molecular weight is 476 g/mol. The molecule has 27 heavy (non-hydrogen) atoms. The minimum absolute atomic E-state index is 0.0227. The van der Waals surface area contributed by atoms with Crippen molar-refractivity contribution in [2.75, 3.05) is 17.2 Å². The molecule has 8 nitrogen and oxygen atoms in total. The second-order valence-electron chi connectivity index (χ2n) is 5.36. The lowest BCUT2D eigenvalue weighted by Gasteiger charge is -2.08. The van der Waals surface area contributed by atoms with Gasteiger partial charge in [-0.2, -0.15) is 0 Å². The van der Waals surface area contributed by atoms with Gasteiger partial charge in [0.25, 0.3) is 5.91 Å². The van der Waals surface area contributed by atoms with Gasteiger partial charge in [-0.1, -0.05) is 38.9 Å². The van der Waals surface area contributed by atoms with E-state index in [1.165, 1.54) is 11.3 Å². The molecule has 0 aliphatic heterocycles. The van der Waals surface area contributed by atoms with Crippen LogP contribution in [0.25, 0.3) is 0 Å². The Labute approximate surface area is 172 Å². The van der Waals surface area contributed by atoms with Gasteiger partial charge in [-0.3, -0.25) is 14.4 Å². The number of hydrogen-bond donors (Lipinski definition) is 2. The highest BCUT2D eigenvalue weighted by Crippen LogP contribution is 2.25. The van der Waals surface area contributed by atoms with E-state index in [0.717, 1.165) is 9.48 Å². The Kier molecular flexibility index (Phi) is 8.14.